The van der Waals surface area contributed by atoms with Gasteiger partial charge in [0.15, 0.2) is 11.5 Å². The monoisotopic (exact) mass is 378 g/mol. The molecule has 0 radical (unpaired) electrons. The molecule has 0 aromatic carbocycles. The number of furan rings is 1. The highest BCUT2D eigenvalue weighted by molar-refractivity contribution is 9.15. The second-order valence-electron chi connectivity index (χ2n) is 4.44. The molecule has 4 nitrogen and oxygen atoms in total. The number of carbonyl (C=O) groups excluding carboxylic acids is 3. The summed E-state index contributed by atoms with van der Waals surface area (Å²) in [7, 11) is 0. The van der Waals surface area contributed by atoms with Crippen molar-refractivity contribution >= 4 is 37.8 Å². The third kappa shape index (κ3) is 3.85. The number of halogens is 1. The van der Waals surface area contributed by atoms with Crippen molar-refractivity contribution in [1.82, 2.24) is 0 Å². The minimum absolute atomic E-state index is 0.0332. The number of ketones is 3. The minimum atomic E-state index is -0.721. The van der Waals surface area contributed by atoms with Crippen LogP contribution in [0.5, 0.6) is 0 Å². The van der Waals surface area contributed by atoms with Gasteiger partial charge in [-0.15, -0.1) is 0 Å². The molecule has 0 saturated carbocycles. The molecule has 1 aromatic heterocycles. The molecule has 1 aliphatic rings. The molecule has 1 heterocycles. The molecule has 0 spiro atoms. The van der Waals surface area contributed by atoms with Crippen LogP contribution in [0.4, 0.5) is 0 Å². The lowest BCUT2D eigenvalue weighted by Crippen LogP contribution is -2.19. The fourth-order valence-corrected chi connectivity index (χ4v) is 2.59. The van der Waals surface area contributed by atoms with Crippen LogP contribution in [0.3, 0.4) is 0 Å². The number of Topliss-reactive ketones (excluding diaryl/α,β-unsaturated/α-hetero) is 2. The summed E-state index contributed by atoms with van der Waals surface area (Å²) in [6.45, 7) is 7.71. The molecule has 0 bridgehead atoms. The minimum Gasteiger partial charge on any atom is -0.462 e. The highest BCUT2D eigenvalue weighted by atomic mass is 79.9. The first-order chi connectivity index (χ1) is 11.0. The maximum Gasteiger partial charge on any atom is 0.237 e. The first kappa shape index (κ1) is 19.0. The number of rotatable bonds is 4. The van der Waals surface area contributed by atoms with Crippen molar-refractivity contribution in [2.45, 2.75) is 34.1 Å². The lowest BCUT2D eigenvalue weighted by atomic mass is 9.93. The molecule has 0 fully saturated rings. The molecule has 2 rings (SSSR count). The van der Waals surface area contributed by atoms with Crippen LogP contribution in [0.15, 0.2) is 40.6 Å². The second kappa shape index (κ2) is 8.58. The van der Waals surface area contributed by atoms with E-state index in [1.54, 1.807) is 25.2 Å². The van der Waals surface area contributed by atoms with E-state index in [0.29, 0.717) is 16.5 Å². The first-order valence-electron chi connectivity index (χ1n) is 7.46. The third-order valence-corrected chi connectivity index (χ3v) is 3.58. The van der Waals surface area contributed by atoms with E-state index in [1.165, 1.54) is 6.26 Å². The van der Waals surface area contributed by atoms with Gasteiger partial charge in [-0.3, -0.25) is 14.4 Å². The van der Waals surface area contributed by atoms with Gasteiger partial charge in [-0.25, -0.2) is 0 Å². The Morgan fingerprint density at radius 1 is 1.30 bits per heavy atom. The van der Waals surface area contributed by atoms with Crippen LogP contribution in [0.25, 0.3) is 4.48 Å². The smallest absolute Gasteiger partial charge is 0.237 e. The van der Waals surface area contributed by atoms with Crippen LogP contribution in [-0.4, -0.2) is 17.3 Å². The molecule has 1 aliphatic carbocycles. The molecule has 23 heavy (non-hydrogen) atoms. The molecular formula is C18H19BrO4. The summed E-state index contributed by atoms with van der Waals surface area (Å²) in [5.74, 6) is -1.50. The van der Waals surface area contributed by atoms with Gasteiger partial charge in [0.1, 0.15) is 6.26 Å². The predicted molar refractivity (Wildman–Crippen MR) is 93.8 cm³/mol. The zero-order valence-electron chi connectivity index (χ0n) is 13.6. The summed E-state index contributed by atoms with van der Waals surface area (Å²) < 4.78 is 5.65. The summed E-state index contributed by atoms with van der Waals surface area (Å²) in [6, 6.07) is 0. The number of hydrogen-bond acceptors (Lipinski definition) is 4. The molecule has 1 aromatic rings. The third-order valence-electron chi connectivity index (χ3n) is 2.99. The second-order valence-corrected chi connectivity index (χ2v) is 5.29. The Morgan fingerprint density at radius 2 is 1.96 bits per heavy atom. The van der Waals surface area contributed by atoms with Gasteiger partial charge in [0.05, 0.1) is 15.6 Å². The van der Waals surface area contributed by atoms with Crippen molar-refractivity contribution in [2.24, 2.45) is 0 Å². The van der Waals surface area contributed by atoms with Gasteiger partial charge in [0.2, 0.25) is 11.6 Å². The van der Waals surface area contributed by atoms with Crippen LogP contribution >= 0.6 is 15.9 Å². The zero-order chi connectivity index (χ0) is 17.6. The highest BCUT2D eigenvalue weighted by Gasteiger charge is 2.33. The Morgan fingerprint density at radius 3 is 2.52 bits per heavy atom. The van der Waals surface area contributed by atoms with Crippen LogP contribution < -0.4 is 0 Å². The lowest BCUT2D eigenvalue weighted by molar-refractivity contribution is -0.111. The van der Waals surface area contributed by atoms with E-state index >= 15 is 0 Å². The predicted octanol–water partition coefficient (Wildman–Crippen LogP) is 4.90. The van der Waals surface area contributed by atoms with Crippen molar-refractivity contribution in [3.63, 3.8) is 0 Å². The average Bonchev–Trinajstić information content (AvgIpc) is 2.99. The number of allylic oxidation sites excluding steroid dienone is 5. The van der Waals surface area contributed by atoms with Gasteiger partial charge < -0.3 is 4.42 Å². The fraction of sp³-hybridized carbons (Fsp3) is 0.278. The molecule has 0 saturated heterocycles. The summed E-state index contributed by atoms with van der Waals surface area (Å²) in [6.07, 6.45) is 8.24. The zero-order valence-corrected chi connectivity index (χ0v) is 15.2. The largest absolute Gasteiger partial charge is 0.462 e. The quantitative estimate of drug-likeness (QED) is 0.323. The van der Waals surface area contributed by atoms with Crippen molar-refractivity contribution in [3.8, 4) is 0 Å². The van der Waals surface area contributed by atoms with Gasteiger partial charge in [0, 0.05) is 11.6 Å². The molecular weight excluding hydrogens is 360 g/mol. The fourth-order valence-electron chi connectivity index (χ4n) is 2.09. The molecule has 0 amide bonds. The lowest BCUT2D eigenvalue weighted by Gasteiger charge is -2.07. The Labute approximate surface area is 144 Å². The van der Waals surface area contributed by atoms with E-state index in [0.717, 1.165) is 6.08 Å². The number of carbonyl (C=O) groups is 3. The summed E-state index contributed by atoms with van der Waals surface area (Å²) in [4.78, 5) is 36.2. The summed E-state index contributed by atoms with van der Waals surface area (Å²) in [5, 5.41) is 0. The normalized spacial score (nSPS) is 14.3. The molecule has 5 heteroatoms. The first-order valence-corrected chi connectivity index (χ1v) is 8.25. The van der Waals surface area contributed by atoms with E-state index in [4.69, 9.17) is 4.42 Å². The molecule has 0 N–H and O–H groups in total. The van der Waals surface area contributed by atoms with Crippen LogP contribution in [0.2, 0.25) is 0 Å². The van der Waals surface area contributed by atoms with Crippen molar-refractivity contribution in [1.29, 1.82) is 0 Å². The molecule has 0 unspecified atom stereocenters. The van der Waals surface area contributed by atoms with Gasteiger partial charge in [-0.2, -0.15) is 0 Å². The van der Waals surface area contributed by atoms with Gasteiger partial charge >= 0.3 is 0 Å². The maximum atomic E-state index is 12.5. The molecule has 122 valence electrons. The Balaban J connectivity index is 0.00000127. The SMILES string of the molecule is C/C=C\C(=C/CC)C(=O)c1coc2c1C(=O)C(=O)C=C2Br.CC. The van der Waals surface area contributed by atoms with Gasteiger partial charge in [0.25, 0.3) is 0 Å². The maximum absolute atomic E-state index is 12.5. The van der Waals surface area contributed by atoms with Crippen molar-refractivity contribution < 1.29 is 18.8 Å². The standard InChI is InChI=1S/C16H13BrO4.C2H6/c1-3-5-9(6-4-2)14(19)10-8-21-16-11(17)7-12(18)15(20)13(10)16;1-2/h3,5-8H,4H2,1-2H3;1-2H3/b5-3-,9-6+;. The number of hydrogen-bond donors (Lipinski definition) is 0. The number of fused-ring (bicyclic) bond motifs is 1. The Hall–Kier alpha value is -2.01. The average molecular weight is 379 g/mol. The van der Waals surface area contributed by atoms with Gasteiger partial charge in [-0.1, -0.05) is 39.0 Å². The van der Waals surface area contributed by atoms with Crippen LogP contribution in [0.1, 0.15) is 60.6 Å². The van der Waals surface area contributed by atoms with Crippen molar-refractivity contribution in [3.05, 3.63) is 53.0 Å². The van der Waals surface area contributed by atoms with E-state index in [-0.39, 0.29) is 22.7 Å². The Kier molecular flexibility index (Phi) is 7.10. The van der Waals surface area contributed by atoms with Crippen LogP contribution in [0, 0.1) is 0 Å². The summed E-state index contributed by atoms with van der Waals surface area (Å²) >= 11 is 3.17. The Bertz CT molecular complexity index is 717. The van der Waals surface area contributed by atoms with E-state index in [1.807, 2.05) is 20.8 Å². The molecule has 0 atom stereocenters. The topological polar surface area (TPSA) is 64.3 Å². The van der Waals surface area contributed by atoms with Crippen LogP contribution in [-0.2, 0) is 4.79 Å². The van der Waals surface area contributed by atoms with E-state index in [9.17, 15) is 14.4 Å². The van der Waals surface area contributed by atoms with Crippen molar-refractivity contribution in [2.75, 3.05) is 0 Å². The highest BCUT2D eigenvalue weighted by Crippen LogP contribution is 2.34. The molecule has 0 aliphatic heterocycles. The van der Waals surface area contributed by atoms with E-state index in [2.05, 4.69) is 15.9 Å². The summed E-state index contributed by atoms with van der Waals surface area (Å²) in [5.41, 5.74) is 0.617. The van der Waals surface area contributed by atoms with E-state index < -0.39 is 11.6 Å². The van der Waals surface area contributed by atoms with Gasteiger partial charge in [-0.05, 0) is 29.3 Å².